The number of likely N-dealkylation sites (tertiary alicyclic amines) is 1. The molecule has 128 valence electrons. The van der Waals surface area contributed by atoms with E-state index in [-0.39, 0.29) is 25.0 Å². The van der Waals surface area contributed by atoms with Crippen molar-refractivity contribution in [3.8, 4) is 0 Å². The molecule has 2 heterocycles. The number of hydrogen-bond donors (Lipinski definition) is 1. The minimum Gasteiger partial charge on any atom is -0.393 e. The van der Waals surface area contributed by atoms with Crippen LogP contribution >= 0.6 is 0 Å². The first-order chi connectivity index (χ1) is 11.4. The van der Waals surface area contributed by atoms with Gasteiger partial charge >= 0.3 is 0 Å². The van der Waals surface area contributed by atoms with Gasteiger partial charge in [-0.15, -0.1) is 0 Å². The number of nitrogens with zero attached hydrogens (tertiary/aromatic N) is 3. The number of aliphatic hydroxyl groups excluding tert-OH is 1. The molecule has 1 aliphatic heterocycles. The molecule has 1 N–H and O–H groups in total. The van der Waals surface area contributed by atoms with Crippen LogP contribution in [0, 0.1) is 0 Å². The van der Waals surface area contributed by atoms with Gasteiger partial charge in [0.2, 0.25) is 0 Å². The number of rotatable bonds is 4. The SMILES string of the molecule is CC(C)n1ccc(C(=O)N2CC(c3ccccc3)C(F)(CO)C2)n1. The number of alkyl halides is 1. The number of carbonyl (C=O) groups is 1. The fourth-order valence-electron chi connectivity index (χ4n) is 3.18. The van der Waals surface area contributed by atoms with Gasteiger partial charge in [0.05, 0.1) is 13.2 Å². The van der Waals surface area contributed by atoms with Crippen molar-refractivity contribution in [2.24, 2.45) is 0 Å². The molecule has 0 saturated carbocycles. The molecule has 1 amide bonds. The van der Waals surface area contributed by atoms with Crippen LogP contribution in [0.25, 0.3) is 0 Å². The summed E-state index contributed by atoms with van der Waals surface area (Å²) < 4.78 is 16.9. The van der Waals surface area contributed by atoms with Crippen LogP contribution in [0.3, 0.4) is 0 Å². The Kier molecular flexibility index (Phi) is 4.41. The largest absolute Gasteiger partial charge is 0.393 e. The Balaban J connectivity index is 1.84. The Morgan fingerprint density at radius 2 is 2.08 bits per heavy atom. The quantitative estimate of drug-likeness (QED) is 0.936. The van der Waals surface area contributed by atoms with E-state index in [4.69, 9.17) is 0 Å². The summed E-state index contributed by atoms with van der Waals surface area (Å²) in [6.45, 7) is 3.43. The summed E-state index contributed by atoms with van der Waals surface area (Å²) in [6, 6.07) is 11.0. The Labute approximate surface area is 140 Å². The van der Waals surface area contributed by atoms with Crippen LogP contribution in [0.5, 0.6) is 0 Å². The molecular formula is C18H22FN3O2. The number of benzene rings is 1. The van der Waals surface area contributed by atoms with E-state index in [1.807, 2.05) is 44.2 Å². The summed E-state index contributed by atoms with van der Waals surface area (Å²) >= 11 is 0. The van der Waals surface area contributed by atoms with E-state index in [9.17, 15) is 9.90 Å². The van der Waals surface area contributed by atoms with Crippen molar-refractivity contribution in [2.45, 2.75) is 31.5 Å². The highest BCUT2D eigenvalue weighted by Gasteiger charge is 2.49. The topological polar surface area (TPSA) is 58.4 Å². The summed E-state index contributed by atoms with van der Waals surface area (Å²) in [5, 5.41) is 13.8. The molecule has 1 fully saturated rings. The second-order valence-electron chi connectivity index (χ2n) is 6.62. The normalized spacial score (nSPS) is 23.9. The van der Waals surface area contributed by atoms with E-state index in [0.717, 1.165) is 5.56 Å². The van der Waals surface area contributed by atoms with Crippen LogP contribution in [-0.4, -0.2) is 51.1 Å². The minimum absolute atomic E-state index is 0.129. The van der Waals surface area contributed by atoms with Crippen LogP contribution in [0.2, 0.25) is 0 Å². The Hall–Kier alpha value is -2.21. The lowest BCUT2D eigenvalue weighted by molar-refractivity contribution is 0.0572. The molecular weight excluding hydrogens is 309 g/mol. The van der Waals surface area contributed by atoms with Gasteiger partial charge in [0.1, 0.15) is 5.69 Å². The third-order valence-electron chi connectivity index (χ3n) is 4.59. The van der Waals surface area contributed by atoms with Crippen molar-refractivity contribution in [3.05, 3.63) is 53.9 Å². The zero-order valence-corrected chi connectivity index (χ0v) is 13.9. The van der Waals surface area contributed by atoms with Gasteiger partial charge in [-0.05, 0) is 25.5 Å². The molecule has 0 bridgehead atoms. The van der Waals surface area contributed by atoms with Crippen LogP contribution < -0.4 is 0 Å². The third-order valence-corrected chi connectivity index (χ3v) is 4.59. The maximum atomic E-state index is 15.2. The summed E-state index contributed by atoms with van der Waals surface area (Å²) in [4.78, 5) is 14.1. The molecule has 6 heteroatoms. The number of hydrogen-bond acceptors (Lipinski definition) is 3. The monoisotopic (exact) mass is 331 g/mol. The van der Waals surface area contributed by atoms with E-state index >= 15 is 4.39 Å². The third kappa shape index (κ3) is 2.94. The maximum Gasteiger partial charge on any atom is 0.274 e. The zero-order valence-electron chi connectivity index (χ0n) is 13.9. The Morgan fingerprint density at radius 3 is 2.67 bits per heavy atom. The molecule has 24 heavy (non-hydrogen) atoms. The van der Waals surface area contributed by atoms with Crippen molar-refractivity contribution in [3.63, 3.8) is 0 Å². The first-order valence-electron chi connectivity index (χ1n) is 8.14. The second kappa shape index (κ2) is 6.36. The number of carbonyl (C=O) groups excluding carboxylic acids is 1. The fraction of sp³-hybridized carbons (Fsp3) is 0.444. The number of aromatic nitrogens is 2. The van der Waals surface area contributed by atoms with Gasteiger partial charge in [-0.25, -0.2) is 4.39 Å². The van der Waals surface area contributed by atoms with Crippen molar-refractivity contribution in [2.75, 3.05) is 19.7 Å². The molecule has 2 aromatic rings. The number of aliphatic hydroxyl groups is 1. The van der Waals surface area contributed by atoms with Crippen molar-refractivity contribution < 1.29 is 14.3 Å². The minimum atomic E-state index is -1.84. The van der Waals surface area contributed by atoms with Gasteiger partial charge < -0.3 is 10.0 Å². The average Bonchev–Trinajstić information content (AvgIpc) is 3.20. The summed E-state index contributed by atoms with van der Waals surface area (Å²) in [6.07, 6.45) is 1.75. The van der Waals surface area contributed by atoms with Crippen molar-refractivity contribution in [1.82, 2.24) is 14.7 Å². The smallest absolute Gasteiger partial charge is 0.274 e. The highest BCUT2D eigenvalue weighted by molar-refractivity contribution is 5.92. The van der Waals surface area contributed by atoms with E-state index < -0.39 is 18.2 Å². The molecule has 2 atom stereocenters. The molecule has 0 spiro atoms. The lowest BCUT2D eigenvalue weighted by Gasteiger charge is -2.23. The van der Waals surface area contributed by atoms with Crippen LogP contribution in [-0.2, 0) is 0 Å². The van der Waals surface area contributed by atoms with Gasteiger partial charge in [-0.1, -0.05) is 30.3 Å². The van der Waals surface area contributed by atoms with E-state index in [1.54, 1.807) is 16.9 Å². The molecule has 1 saturated heterocycles. The Morgan fingerprint density at radius 1 is 1.38 bits per heavy atom. The molecule has 1 aromatic heterocycles. The molecule has 0 radical (unpaired) electrons. The van der Waals surface area contributed by atoms with Crippen molar-refractivity contribution >= 4 is 5.91 Å². The zero-order chi connectivity index (χ0) is 17.3. The molecule has 5 nitrogen and oxygen atoms in total. The van der Waals surface area contributed by atoms with Crippen LogP contribution in [0.15, 0.2) is 42.6 Å². The van der Waals surface area contributed by atoms with Crippen LogP contribution in [0.1, 0.15) is 41.9 Å². The number of amides is 1. The average molecular weight is 331 g/mol. The van der Waals surface area contributed by atoms with Gasteiger partial charge in [0, 0.05) is 24.7 Å². The van der Waals surface area contributed by atoms with Crippen LogP contribution in [0.4, 0.5) is 4.39 Å². The van der Waals surface area contributed by atoms with E-state index in [2.05, 4.69) is 5.10 Å². The van der Waals surface area contributed by atoms with Crippen molar-refractivity contribution in [1.29, 1.82) is 0 Å². The molecule has 2 unspecified atom stereocenters. The lowest BCUT2D eigenvalue weighted by Crippen LogP contribution is -2.37. The molecule has 0 aliphatic carbocycles. The number of halogens is 1. The first-order valence-corrected chi connectivity index (χ1v) is 8.14. The van der Waals surface area contributed by atoms with E-state index in [1.165, 1.54) is 4.90 Å². The van der Waals surface area contributed by atoms with E-state index in [0.29, 0.717) is 5.69 Å². The summed E-state index contributed by atoms with van der Waals surface area (Å²) in [7, 11) is 0. The maximum absolute atomic E-state index is 15.2. The van der Waals surface area contributed by atoms with Gasteiger partial charge in [-0.2, -0.15) is 5.10 Å². The van der Waals surface area contributed by atoms with Gasteiger partial charge in [-0.3, -0.25) is 9.48 Å². The fourth-order valence-corrected chi connectivity index (χ4v) is 3.18. The molecule has 3 rings (SSSR count). The van der Waals surface area contributed by atoms with Gasteiger partial charge in [0.15, 0.2) is 5.67 Å². The molecule has 1 aromatic carbocycles. The standard InChI is InChI=1S/C18H22FN3O2/c1-13(2)22-9-8-16(20-22)17(24)21-10-15(18(19,11-21)12-23)14-6-4-3-5-7-14/h3-9,13,15,23H,10-12H2,1-2H3. The molecule has 1 aliphatic rings. The predicted molar refractivity (Wildman–Crippen MR) is 88.6 cm³/mol. The highest BCUT2D eigenvalue weighted by atomic mass is 19.1. The highest BCUT2D eigenvalue weighted by Crippen LogP contribution is 2.39. The summed E-state index contributed by atoms with van der Waals surface area (Å²) in [5.41, 5.74) is -0.743. The summed E-state index contributed by atoms with van der Waals surface area (Å²) in [5.74, 6) is -0.844. The first kappa shape index (κ1) is 16.6. The predicted octanol–water partition coefficient (Wildman–Crippen LogP) is 2.40. The second-order valence-corrected chi connectivity index (χ2v) is 6.62. The lowest BCUT2D eigenvalue weighted by atomic mass is 9.87. The van der Waals surface area contributed by atoms with Gasteiger partial charge in [0.25, 0.3) is 5.91 Å². The Bertz CT molecular complexity index is 716.